The van der Waals surface area contributed by atoms with E-state index in [0.717, 1.165) is 12.8 Å². The quantitative estimate of drug-likeness (QED) is 0.666. The Morgan fingerprint density at radius 3 is 2.88 bits per heavy atom. The maximum absolute atomic E-state index is 5.89. The Morgan fingerprint density at radius 1 is 1.35 bits per heavy atom. The van der Waals surface area contributed by atoms with E-state index in [-0.39, 0.29) is 0 Å². The molecule has 0 saturated carbocycles. The Bertz CT molecular complexity index is 305. The Hall–Kier alpha value is -1.56. The second-order valence-electron chi connectivity index (χ2n) is 3.56. The standard InChI is InChI=1S/C11H20N4O2/c1-3-4-6-17-11-9(12)10(14-8-15-11)13-5-7-16-2/h8H,3-7,12H2,1-2H3,(H,13,14,15). The summed E-state index contributed by atoms with van der Waals surface area (Å²) in [5.74, 6) is 1.02. The molecular weight excluding hydrogens is 220 g/mol. The van der Waals surface area contributed by atoms with Gasteiger partial charge in [-0.1, -0.05) is 13.3 Å². The monoisotopic (exact) mass is 240 g/mol. The maximum Gasteiger partial charge on any atom is 0.242 e. The van der Waals surface area contributed by atoms with Gasteiger partial charge in [-0.25, -0.2) is 4.98 Å². The number of aromatic nitrogens is 2. The van der Waals surface area contributed by atoms with Gasteiger partial charge < -0.3 is 20.5 Å². The van der Waals surface area contributed by atoms with Crippen molar-refractivity contribution < 1.29 is 9.47 Å². The summed E-state index contributed by atoms with van der Waals surface area (Å²) in [5.41, 5.74) is 6.34. The van der Waals surface area contributed by atoms with Gasteiger partial charge in [0.1, 0.15) is 12.0 Å². The molecule has 0 aliphatic rings. The van der Waals surface area contributed by atoms with E-state index < -0.39 is 0 Å². The van der Waals surface area contributed by atoms with Crippen molar-refractivity contribution in [3.05, 3.63) is 6.33 Å². The summed E-state index contributed by atoms with van der Waals surface area (Å²) in [6.07, 6.45) is 3.49. The lowest BCUT2D eigenvalue weighted by Gasteiger charge is -2.11. The van der Waals surface area contributed by atoms with Crippen LogP contribution in [-0.4, -0.2) is 36.8 Å². The summed E-state index contributed by atoms with van der Waals surface area (Å²) in [7, 11) is 1.64. The predicted octanol–water partition coefficient (Wildman–Crippen LogP) is 1.30. The molecule has 1 aromatic rings. The number of rotatable bonds is 8. The number of methoxy groups -OCH3 is 1. The van der Waals surface area contributed by atoms with Crippen molar-refractivity contribution in [2.45, 2.75) is 19.8 Å². The fourth-order valence-corrected chi connectivity index (χ4v) is 1.22. The topological polar surface area (TPSA) is 82.3 Å². The Labute approximate surface area is 102 Å². The van der Waals surface area contributed by atoms with Gasteiger partial charge >= 0.3 is 0 Å². The summed E-state index contributed by atoms with van der Waals surface area (Å²) in [5, 5.41) is 3.06. The minimum atomic E-state index is 0.438. The van der Waals surface area contributed by atoms with Gasteiger partial charge in [-0.15, -0.1) is 0 Å². The molecule has 0 atom stereocenters. The first-order valence-electron chi connectivity index (χ1n) is 5.75. The average molecular weight is 240 g/mol. The smallest absolute Gasteiger partial charge is 0.242 e. The third-order valence-corrected chi connectivity index (χ3v) is 2.18. The van der Waals surface area contributed by atoms with Crippen molar-refractivity contribution in [1.29, 1.82) is 0 Å². The van der Waals surface area contributed by atoms with Gasteiger partial charge in [0.25, 0.3) is 0 Å². The zero-order chi connectivity index (χ0) is 12.5. The van der Waals surface area contributed by atoms with Crippen LogP contribution < -0.4 is 15.8 Å². The van der Waals surface area contributed by atoms with Gasteiger partial charge in [-0.2, -0.15) is 4.98 Å². The van der Waals surface area contributed by atoms with E-state index in [1.54, 1.807) is 7.11 Å². The van der Waals surface area contributed by atoms with Crippen LogP contribution in [0.1, 0.15) is 19.8 Å². The summed E-state index contributed by atoms with van der Waals surface area (Å²) >= 11 is 0. The van der Waals surface area contributed by atoms with Crippen LogP contribution in [-0.2, 0) is 4.74 Å². The first-order chi connectivity index (χ1) is 8.29. The number of unbranched alkanes of at least 4 members (excludes halogenated alkanes) is 1. The van der Waals surface area contributed by atoms with Crippen LogP contribution in [0.15, 0.2) is 6.33 Å². The van der Waals surface area contributed by atoms with Gasteiger partial charge in [-0.3, -0.25) is 0 Å². The molecule has 0 aliphatic heterocycles. The van der Waals surface area contributed by atoms with Gasteiger partial charge in [0, 0.05) is 13.7 Å². The van der Waals surface area contributed by atoms with Crippen molar-refractivity contribution >= 4 is 11.5 Å². The van der Waals surface area contributed by atoms with Crippen molar-refractivity contribution in [1.82, 2.24) is 9.97 Å². The minimum absolute atomic E-state index is 0.438. The summed E-state index contributed by atoms with van der Waals surface area (Å²) in [4.78, 5) is 8.07. The zero-order valence-electron chi connectivity index (χ0n) is 10.4. The van der Waals surface area contributed by atoms with E-state index in [1.165, 1.54) is 6.33 Å². The number of nitrogens with one attached hydrogen (secondary N) is 1. The Balaban J connectivity index is 2.56. The highest BCUT2D eigenvalue weighted by atomic mass is 16.5. The highest BCUT2D eigenvalue weighted by Gasteiger charge is 2.08. The molecule has 0 spiro atoms. The van der Waals surface area contributed by atoms with E-state index in [4.69, 9.17) is 15.2 Å². The van der Waals surface area contributed by atoms with E-state index in [9.17, 15) is 0 Å². The number of anilines is 2. The van der Waals surface area contributed by atoms with Crippen molar-refractivity contribution in [2.75, 3.05) is 37.9 Å². The number of nitrogen functional groups attached to an aromatic ring is 1. The molecule has 0 aromatic carbocycles. The molecule has 0 aliphatic carbocycles. The molecule has 0 bridgehead atoms. The molecule has 1 rings (SSSR count). The SMILES string of the molecule is CCCCOc1ncnc(NCCOC)c1N. The van der Waals surface area contributed by atoms with Crippen LogP contribution in [0.2, 0.25) is 0 Å². The number of nitrogens with two attached hydrogens (primary N) is 1. The highest BCUT2D eigenvalue weighted by molar-refractivity contribution is 5.66. The predicted molar refractivity (Wildman–Crippen MR) is 67.2 cm³/mol. The largest absolute Gasteiger partial charge is 0.476 e. The second-order valence-corrected chi connectivity index (χ2v) is 3.56. The van der Waals surface area contributed by atoms with Crippen LogP contribution in [0.5, 0.6) is 5.88 Å². The normalized spacial score (nSPS) is 10.2. The highest BCUT2D eigenvalue weighted by Crippen LogP contribution is 2.24. The van der Waals surface area contributed by atoms with E-state index in [2.05, 4.69) is 22.2 Å². The van der Waals surface area contributed by atoms with Crippen LogP contribution in [0.25, 0.3) is 0 Å². The van der Waals surface area contributed by atoms with Crippen molar-refractivity contribution in [2.24, 2.45) is 0 Å². The number of hydrogen-bond acceptors (Lipinski definition) is 6. The summed E-state index contributed by atoms with van der Waals surface area (Å²) < 4.78 is 10.4. The van der Waals surface area contributed by atoms with Crippen molar-refractivity contribution in [3.8, 4) is 5.88 Å². The van der Waals surface area contributed by atoms with Crippen LogP contribution in [0.4, 0.5) is 11.5 Å². The molecule has 6 heteroatoms. The molecule has 0 amide bonds. The lowest BCUT2D eigenvalue weighted by atomic mass is 10.4. The molecule has 6 nitrogen and oxygen atoms in total. The lowest BCUT2D eigenvalue weighted by Crippen LogP contribution is -2.12. The van der Waals surface area contributed by atoms with Gasteiger partial charge in [0.2, 0.25) is 5.88 Å². The van der Waals surface area contributed by atoms with Crippen LogP contribution in [0, 0.1) is 0 Å². The maximum atomic E-state index is 5.89. The average Bonchev–Trinajstić information content (AvgIpc) is 2.34. The number of ether oxygens (including phenoxy) is 2. The van der Waals surface area contributed by atoms with Crippen molar-refractivity contribution in [3.63, 3.8) is 0 Å². The van der Waals surface area contributed by atoms with Gasteiger partial charge in [0.05, 0.1) is 13.2 Å². The Morgan fingerprint density at radius 2 is 2.18 bits per heavy atom. The van der Waals surface area contributed by atoms with E-state index >= 15 is 0 Å². The fourth-order valence-electron chi connectivity index (χ4n) is 1.22. The summed E-state index contributed by atoms with van der Waals surface area (Å²) in [6.45, 7) is 3.96. The molecule has 3 N–H and O–H groups in total. The third kappa shape index (κ3) is 4.44. The first kappa shape index (κ1) is 13.5. The first-order valence-corrected chi connectivity index (χ1v) is 5.75. The number of hydrogen-bond donors (Lipinski definition) is 2. The molecule has 1 heterocycles. The summed E-state index contributed by atoms with van der Waals surface area (Å²) in [6, 6.07) is 0. The lowest BCUT2D eigenvalue weighted by molar-refractivity contribution is 0.210. The van der Waals surface area contributed by atoms with E-state index in [0.29, 0.717) is 37.1 Å². The van der Waals surface area contributed by atoms with E-state index in [1.807, 2.05) is 0 Å². The number of nitrogens with zero attached hydrogens (tertiary/aromatic N) is 2. The van der Waals surface area contributed by atoms with Gasteiger partial charge in [-0.05, 0) is 6.42 Å². The van der Waals surface area contributed by atoms with Crippen LogP contribution >= 0.6 is 0 Å². The molecule has 17 heavy (non-hydrogen) atoms. The van der Waals surface area contributed by atoms with Gasteiger partial charge in [0.15, 0.2) is 5.82 Å². The Kier molecular flexibility index (Phi) is 6.09. The minimum Gasteiger partial charge on any atom is -0.476 e. The molecular formula is C11H20N4O2. The molecule has 0 unspecified atom stereocenters. The second kappa shape index (κ2) is 7.67. The van der Waals surface area contributed by atoms with Crippen LogP contribution in [0.3, 0.4) is 0 Å². The molecule has 96 valence electrons. The zero-order valence-corrected chi connectivity index (χ0v) is 10.4. The molecule has 0 saturated heterocycles. The molecule has 1 aromatic heterocycles. The molecule has 0 radical (unpaired) electrons. The third-order valence-electron chi connectivity index (χ3n) is 2.18. The fraction of sp³-hybridized carbons (Fsp3) is 0.636. The molecule has 0 fully saturated rings.